The van der Waals surface area contributed by atoms with Crippen LogP contribution in [0.25, 0.3) is 0 Å². The molecule has 6 nitrogen and oxygen atoms in total. The Balaban J connectivity index is 2.73. The highest BCUT2D eigenvalue weighted by Crippen LogP contribution is 2.18. The van der Waals surface area contributed by atoms with Gasteiger partial charge in [-0.25, -0.2) is 14.6 Å². The van der Waals surface area contributed by atoms with Crippen LogP contribution < -0.4 is 5.32 Å². The molecule has 1 aromatic rings. The van der Waals surface area contributed by atoms with Crippen LogP contribution in [0.15, 0.2) is 0 Å². The number of carbonyl (C=O) groups is 2. The van der Waals surface area contributed by atoms with Gasteiger partial charge in [0, 0.05) is 11.3 Å². The lowest BCUT2D eigenvalue weighted by atomic mass is 10.1. The number of amides is 1. The fraction of sp³-hybridized carbons (Fsp3) is 0.615. The van der Waals surface area contributed by atoms with Crippen LogP contribution >= 0.6 is 11.3 Å². The fourth-order valence-corrected chi connectivity index (χ4v) is 2.45. The minimum Gasteiger partial charge on any atom is -0.480 e. The number of thiazole rings is 1. The third-order valence-corrected chi connectivity index (χ3v) is 3.31. The highest BCUT2D eigenvalue weighted by molar-refractivity contribution is 7.11. The van der Waals surface area contributed by atoms with Gasteiger partial charge in [-0.2, -0.15) is 0 Å². The SMILES string of the molecule is Cc1nc(CC(NC(=O)OC(C)(C)C)C(=O)O)c(C)s1. The Hall–Kier alpha value is -1.63. The van der Waals surface area contributed by atoms with E-state index >= 15 is 0 Å². The fourth-order valence-electron chi connectivity index (χ4n) is 1.60. The van der Waals surface area contributed by atoms with Gasteiger partial charge in [-0.05, 0) is 34.6 Å². The molecule has 2 N–H and O–H groups in total. The van der Waals surface area contributed by atoms with E-state index in [9.17, 15) is 14.7 Å². The summed E-state index contributed by atoms with van der Waals surface area (Å²) in [4.78, 5) is 28.1. The molecule has 1 heterocycles. The van der Waals surface area contributed by atoms with Crippen molar-refractivity contribution in [3.8, 4) is 0 Å². The summed E-state index contributed by atoms with van der Waals surface area (Å²) in [6.07, 6.45) is -0.598. The molecule has 112 valence electrons. The lowest BCUT2D eigenvalue weighted by Gasteiger charge is -2.21. The molecule has 0 saturated carbocycles. The van der Waals surface area contributed by atoms with E-state index in [1.54, 1.807) is 20.8 Å². The summed E-state index contributed by atoms with van der Waals surface area (Å²) in [6.45, 7) is 8.90. The first-order valence-electron chi connectivity index (χ1n) is 6.23. The molecule has 1 amide bonds. The van der Waals surface area contributed by atoms with Gasteiger partial charge in [0.2, 0.25) is 0 Å². The van der Waals surface area contributed by atoms with Gasteiger partial charge in [-0.15, -0.1) is 11.3 Å². The molecular formula is C13H20N2O4S. The molecule has 20 heavy (non-hydrogen) atoms. The third-order valence-electron chi connectivity index (χ3n) is 2.39. The number of aromatic nitrogens is 1. The lowest BCUT2D eigenvalue weighted by Crippen LogP contribution is -2.44. The minimum absolute atomic E-state index is 0.144. The van der Waals surface area contributed by atoms with Crippen LogP contribution in [0.3, 0.4) is 0 Å². The molecule has 0 aliphatic heterocycles. The summed E-state index contributed by atoms with van der Waals surface area (Å²) >= 11 is 1.50. The van der Waals surface area contributed by atoms with Crippen molar-refractivity contribution in [1.82, 2.24) is 10.3 Å². The molecule has 1 atom stereocenters. The zero-order valence-electron chi connectivity index (χ0n) is 12.3. The van der Waals surface area contributed by atoms with Crippen LogP contribution in [0, 0.1) is 13.8 Å². The van der Waals surface area contributed by atoms with E-state index in [0.29, 0.717) is 5.69 Å². The average Bonchev–Trinajstić information content (AvgIpc) is 2.53. The van der Waals surface area contributed by atoms with Gasteiger partial charge >= 0.3 is 12.1 Å². The van der Waals surface area contributed by atoms with E-state index in [4.69, 9.17) is 4.74 Å². The second-order valence-electron chi connectivity index (χ2n) is 5.48. The first kappa shape index (κ1) is 16.4. The second-order valence-corrected chi connectivity index (χ2v) is 6.88. The molecular weight excluding hydrogens is 280 g/mol. The number of carbonyl (C=O) groups excluding carboxylic acids is 1. The quantitative estimate of drug-likeness (QED) is 0.890. The Morgan fingerprint density at radius 3 is 2.40 bits per heavy atom. The van der Waals surface area contributed by atoms with Gasteiger partial charge in [0.15, 0.2) is 0 Å². The van der Waals surface area contributed by atoms with E-state index < -0.39 is 23.7 Å². The number of carboxylic acids is 1. The summed E-state index contributed by atoms with van der Waals surface area (Å²) in [7, 11) is 0. The number of hydrogen-bond acceptors (Lipinski definition) is 5. The zero-order chi connectivity index (χ0) is 15.5. The molecule has 0 radical (unpaired) electrons. The summed E-state index contributed by atoms with van der Waals surface area (Å²) in [5.74, 6) is -1.11. The van der Waals surface area contributed by atoms with Crippen LogP contribution in [0.5, 0.6) is 0 Å². The van der Waals surface area contributed by atoms with Crippen molar-refractivity contribution in [2.45, 2.75) is 52.7 Å². The molecule has 0 fully saturated rings. The number of rotatable bonds is 4. The van der Waals surface area contributed by atoms with E-state index in [1.807, 2.05) is 13.8 Å². The van der Waals surface area contributed by atoms with E-state index in [2.05, 4.69) is 10.3 Å². The van der Waals surface area contributed by atoms with Gasteiger partial charge in [0.1, 0.15) is 11.6 Å². The number of carboxylic acid groups (broad SMARTS) is 1. The molecule has 0 saturated heterocycles. The molecule has 1 aromatic heterocycles. The van der Waals surface area contributed by atoms with E-state index in [-0.39, 0.29) is 6.42 Å². The molecule has 0 aromatic carbocycles. The Morgan fingerprint density at radius 1 is 1.40 bits per heavy atom. The van der Waals surface area contributed by atoms with Gasteiger partial charge in [-0.3, -0.25) is 0 Å². The molecule has 0 spiro atoms. The first-order valence-corrected chi connectivity index (χ1v) is 7.05. The van der Waals surface area contributed by atoms with Gasteiger partial charge in [0.05, 0.1) is 10.7 Å². The molecule has 1 rings (SSSR count). The monoisotopic (exact) mass is 300 g/mol. The lowest BCUT2D eigenvalue weighted by molar-refractivity contribution is -0.139. The maximum Gasteiger partial charge on any atom is 0.408 e. The van der Waals surface area contributed by atoms with Crippen molar-refractivity contribution >= 4 is 23.4 Å². The molecule has 0 bridgehead atoms. The van der Waals surface area contributed by atoms with Crippen LogP contribution in [-0.4, -0.2) is 33.8 Å². The Bertz CT molecular complexity index is 505. The van der Waals surface area contributed by atoms with Crippen molar-refractivity contribution in [2.24, 2.45) is 0 Å². The highest BCUT2D eigenvalue weighted by atomic mass is 32.1. The number of ether oxygens (including phenoxy) is 1. The van der Waals surface area contributed by atoms with Crippen LogP contribution in [0.2, 0.25) is 0 Å². The Labute approximate surface area is 122 Å². The van der Waals surface area contributed by atoms with Crippen molar-refractivity contribution in [2.75, 3.05) is 0 Å². The van der Waals surface area contributed by atoms with Crippen molar-refractivity contribution in [1.29, 1.82) is 0 Å². The predicted molar refractivity (Wildman–Crippen MR) is 76.1 cm³/mol. The number of nitrogens with one attached hydrogen (secondary N) is 1. The largest absolute Gasteiger partial charge is 0.480 e. The van der Waals surface area contributed by atoms with Gasteiger partial charge in [-0.1, -0.05) is 0 Å². The van der Waals surface area contributed by atoms with Crippen LogP contribution in [-0.2, 0) is 16.0 Å². The summed E-state index contributed by atoms with van der Waals surface area (Å²) < 4.78 is 5.06. The zero-order valence-corrected chi connectivity index (χ0v) is 13.1. The summed E-state index contributed by atoms with van der Waals surface area (Å²) in [6, 6.07) is -1.05. The first-order chi connectivity index (χ1) is 9.08. The second kappa shape index (κ2) is 6.21. The maximum atomic E-state index is 11.6. The number of nitrogens with zero attached hydrogens (tertiary/aromatic N) is 1. The average molecular weight is 300 g/mol. The van der Waals surface area contributed by atoms with E-state index in [1.165, 1.54) is 11.3 Å². The molecule has 0 aliphatic rings. The topological polar surface area (TPSA) is 88.5 Å². The Kier molecular flexibility index (Phi) is 5.10. The summed E-state index contributed by atoms with van der Waals surface area (Å²) in [5, 5.41) is 12.4. The highest BCUT2D eigenvalue weighted by Gasteiger charge is 2.25. The maximum absolute atomic E-state index is 11.6. The standard InChI is InChI=1S/C13H20N2O4S/c1-7-9(14-8(2)20-7)6-10(11(16)17)15-12(18)19-13(3,4)5/h10H,6H2,1-5H3,(H,15,18)(H,16,17). The van der Waals surface area contributed by atoms with Gasteiger partial charge in [0.25, 0.3) is 0 Å². The number of aryl methyl sites for hydroxylation is 2. The minimum atomic E-state index is -1.11. The Morgan fingerprint density at radius 2 is 2.00 bits per heavy atom. The number of hydrogen-bond donors (Lipinski definition) is 2. The van der Waals surface area contributed by atoms with Gasteiger partial charge < -0.3 is 15.2 Å². The van der Waals surface area contributed by atoms with Crippen LogP contribution in [0.1, 0.15) is 36.3 Å². The number of aliphatic carboxylic acids is 1. The predicted octanol–water partition coefficient (Wildman–Crippen LogP) is 2.28. The van der Waals surface area contributed by atoms with Crippen molar-refractivity contribution in [3.05, 3.63) is 15.6 Å². The smallest absolute Gasteiger partial charge is 0.408 e. The summed E-state index contributed by atoms with van der Waals surface area (Å²) in [5.41, 5.74) is 0.0243. The van der Waals surface area contributed by atoms with Crippen molar-refractivity contribution < 1.29 is 19.4 Å². The number of alkyl carbamates (subject to hydrolysis) is 1. The van der Waals surface area contributed by atoms with E-state index in [0.717, 1.165) is 9.88 Å². The third kappa shape index (κ3) is 5.16. The molecule has 1 unspecified atom stereocenters. The van der Waals surface area contributed by atoms with Crippen molar-refractivity contribution in [3.63, 3.8) is 0 Å². The molecule has 0 aliphatic carbocycles. The normalized spacial score (nSPS) is 12.8. The van der Waals surface area contributed by atoms with Crippen LogP contribution in [0.4, 0.5) is 4.79 Å². The molecule has 7 heteroatoms.